The van der Waals surface area contributed by atoms with Crippen molar-refractivity contribution >= 4 is 15.9 Å². The van der Waals surface area contributed by atoms with Crippen LogP contribution < -0.4 is 5.32 Å². The van der Waals surface area contributed by atoms with Gasteiger partial charge in [-0.05, 0) is 31.7 Å². The summed E-state index contributed by atoms with van der Waals surface area (Å²) in [6.07, 6.45) is 3.78. The third-order valence-corrected chi connectivity index (χ3v) is 6.12. The maximum absolute atomic E-state index is 12.4. The molecule has 2 heterocycles. The number of sulfonamides is 1. The maximum Gasteiger partial charge on any atom is 0.220 e. The molecule has 6 heteroatoms. The van der Waals surface area contributed by atoms with Gasteiger partial charge in [-0.15, -0.1) is 0 Å². The summed E-state index contributed by atoms with van der Waals surface area (Å²) in [5, 5.41) is 3.07. The van der Waals surface area contributed by atoms with Crippen molar-refractivity contribution < 1.29 is 13.2 Å². The number of benzene rings is 1. The molecule has 1 aromatic rings. The second kappa shape index (κ2) is 5.35. The lowest BCUT2D eigenvalue weighted by Gasteiger charge is -2.33. The van der Waals surface area contributed by atoms with Gasteiger partial charge in [0, 0.05) is 12.5 Å². The minimum atomic E-state index is -3.36. The van der Waals surface area contributed by atoms with Crippen molar-refractivity contribution in [3.05, 3.63) is 35.9 Å². The van der Waals surface area contributed by atoms with Crippen molar-refractivity contribution in [1.82, 2.24) is 9.62 Å². The molecule has 0 spiro atoms. The van der Waals surface area contributed by atoms with Crippen molar-refractivity contribution in [3.8, 4) is 0 Å². The average molecular weight is 322 g/mol. The van der Waals surface area contributed by atoms with Gasteiger partial charge < -0.3 is 5.32 Å². The molecule has 0 unspecified atom stereocenters. The average Bonchev–Trinajstić information content (AvgIpc) is 2.64. The summed E-state index contributed by atoms with van der Waals surface area (Å²) < 4.78 is 26.5. The standard InChI is InChI=1S/C16H22N2O3S/c1-16-11-13(12-7-4-3-5-8-12)18(22(2,20)21)14(16)9-6-10-15(19)17-16/h3-5,7-8,13-14H,6,9-11H2,1-2H3,(H,17,19)/t13-,14-,16-/m0/s1. The number of fused-ring (bicyclic) bond motifs is 1. The Morgan fingerprint density at radius 2 is 1.95 bits per heavy atom. The molecule has 120 valence electrons. The zero-order chi connectivity index (χ0) is 16.0. The van der Waals surface area contributed by atoms with Crippen LogP contribution in [-0.2, 0) is 14.8 Å². The smallest absolute Gasteiger partial charge is 0.220 e. The van der Waals surface area contributed by atoms with Crippen LogP contribution in [0.3, 0.4) is 0 Å². The van der Waals surface area contributed by atoms with E-state index in [0.29, 0.717) is 19.3 Å². The molecule has 2 aliphatic rings. The van der Waals surface area contributed by atoms with E-state index in [1.54, 1.807) is 4.31 Å². The van der Waals surface area contributed by atoms with E-state index in [1.165, 1.54) is 6.26 Å². The van der Waals surface area contributed by atoms with Crippen LogP contribution in [0.15, 0.2) is 30.3 Å². The largest absolute Gasteiger partial charge is 0.349 e. The second-order valence-corrected chi connectivity index (χ2v) is 8.48. The molecule has 0 radical (unpaired) electrons. The Morgan fingerprint density at radius 3 is 2.59 bits per heavy atom. The first-order valence-electron chi connectivity index (χ1n) is 7.66. The summed E-state index contributed by atoms with van der Waals surface area (Å²) >= 11 is 0. The zero-order valence-electron chi connectivity index (χ0n) is 13.0. The summed E-state index contributed by atoms with van der Waals surface area (Å²) in [4.78, 5) is 12.0. The molecule has 2 fully saturated rings. The van der Waals surface area contributed by atoms with Crippen LogP contribution in [0.4, 0.5) is 0 Å². The molecule has 1 N–H and O–H groups in total. The highest BCUT2D eigenvalue weighted by molar-refractivity contribution is 7.88. The van der Waals surface area contributed by atoms with E-state index in [-0.39, 0.29) is 18.0 Å². The number of nitrogens with one attached hydrogen (secondary N) is 1. The molecule has 3 atom stereocenters. The van der Waals surface area contributed by atoms with Crippen molar-refractivity contribution in [1.29, 1.82) is 0 Å². The van der Waals surface area contributed by atoms with E-state index < -0.39 is 15.6 Å². The van der Waals surface area contributed by atoms with Crippen LogP contribution >= 0.6 is 0 Å². The molecule has 2 saturated heterocycles. The van der Waals surface area contributed by atoms with Crippen LogP contribution in [0.2, 0.25) is 0 Å². The maximum atomic E-state index is 12.4. The lowest BCUT2D eigenvalue weighted by atomic mass is 9.88. The predicted molar refractivity (Wildman–Crippen MR) is 84.7 cm³/mol. The van der Waals surface area contributed by atoms with Gasteiger partial charge >= 0.3 is 0 Å². The number of carbonyl (C=O) groups is 1. The Balaban J connectivity index is 2.06. The molecule has 5 nitrogen and oxygen atoms in total. The molecule has 0 saturated carbocycles. The summed E-state index contributed by atoms with van der Waals surface area (Å²) in [5.41, 5.74) is 0.480. The Labute approximate surface area is 131 Å². The van der Waals surface area contributed by atoms with Gasteiger partial charge in [0.15, 0.2) is 0 Å². The van der Waals surface area contributed by atoms with Gasteiger partial charge in [0.25, 0.3) is 0 Å². The predicted octanol–water partition coefficient (Wildman–Crippen LogP) is 1.82. The quantitative estimate of drug-likeness (QED) is 0.903. The number of hydrogen-bond acceptors (Lipinski definition) is 3. The Morgan fingerprint density at radius 1 is 1.27 bits per heavy atom. The molecule has 0 aliphatic carbocycles. The van der Waals surface area contributed by atoms with Crippen molar-refractivity contribution in [2.75, 3.05) is 6.26 Å². The van der Waals surface area contributed by atoms with Crippen LogP contribution in [-0.4, -0.2) is 36.5 Å². The van der Waals surface area contributed by atoms with E-state index in [2.05, 4.69) is 5.32 Å². The minimum absolute atomic E-state index is 0.0205. The number of rotatable bonds is 2. The number of nitrogens with zero attached hydrogens (tertiary/aromatic N) is 1. The van der Waals surface area contributed by atoms with Gasteiger partial charge in [0.05, 0.1) is 17.8 Å². The van der Waals surface area contributed by atoms with E-state index in [9.17, 15) is 13.2 Å². The van der Waals surface area contributed by atoms with E-state index >= 15 is 0 Å². The SMILES string of the molecule is C[C@]12C[C@@H](c3ccccc3)N(S(C)(=O)=O)[C@H]1CCCC(=O)N2. The molecular weight excluding hydrogens is 300 g/mol. The van der Waals surface area contributed by atoms with E-state index in [0.717, 1.165) is 12.0 Å². The fourth-order valence-electron chi connectivity index (χ4n) is 3.95. The third-order valence-electron chi connectivity index (χ3n) is 4.84. The second-order valence-electron chi connectivity index (χ2n) is 6.60. The number of carbonyl (C=O) groups excluding carboxylic acids is 1. The van der Waals surface area contributed by atoms with Crippen molar-refractivity contribution in [2.24, 2.45) is 0 Å². The van der Waals surface area contributed by atoms with Gasteiger partial charge in [-0.1, -0.05) is 30.3 Å². The molecular formula is C16H22N2O3S. The molecule has 3 rings (SSSR count). The van der Waals surface area contributed by atoms with Crippen LogP contribution in [0.5, 0.6) is 0 Å². The first-order chi connectivity index (χ1) is 10.3. The van der Waals surface area contributed by atoms with Gasteiger partial charge in [0.2, 0.25) is 15.9 Å². The van der Waals surface area contributed by atoms with Crippen LogP contribution in [0.1, 0.15) is 44.2 Å². The molecule has 0 bridgehead atoms. The highest BCUT2D eigenvalue weighted by atomic mass is 32.2. The highest BCUT2D eigenvalue weighted by Gasteiger charge is 2.54. The van der Waals surface area contributed by atoms with E-state index in [1.807, 2.05) is 37.3 Å². The molecule has 22 heavy (non-hydrogen) atoms. The van der Waals surface area contributed by atoms with Gasteiger partial charge in [-0.2, -0.15) is 4.31 Å². The van der Waals surface area contributed by atoms with Gasteiger partial charge in [0.1, 0.15) is 0 Å². The Bertz CT molecular complexity index is 674. The van der Waals surface area contributed by atoms with Crippen molar-refractivity contribution in [3.63, 3.8) is 0 Å². The zero-order valence-corrected chi connectivity index (χ0v) is 13.8. The Kier molecular flexibility index (Phi) is 3.77. The highest BCUT2D eigenvalue weighted by Crippen LogP contribution is 2.46. The first kappa shape index (κ1) is 15.5. The summed E-state index contributed by atoms with van der Waals surface area (Å²) in [6, 6.07) is 9.28. The summed E-state index contributed by atoms with van der Waals surface area (Å²) in [7, 11) is -3.36. The van der Waals surface area contributed by atoms with Crippen molar-refractivity contribution in [2.45, 2.75) is 50.2 Å². The lowest BCUT2D eigenvalue weighted by molar-refractivity contribution is -0.122. The van der Waals surface area contributed by atoms with Gasteiger partial charge in [-0.25, -0.2) is 8.42 Å². The monoisotopic (exact) mass is 322 g/mol. The number of amides is 1. The van der Waals surface area contributed by atoms with Crippen LogP contribution in [0, 0.1) is 0 Å². The topological polar surface area (TPSA) is 66.5 Å². The summed E-state index contributed by atoms with van der Waals surface area (Å²) in [5.74, 6) is 0.0205. The molecule has 2 aliphatic heterocycles. The van der Waals surface area contributed by atoms with Gasteiger partial charge in [-0.3, -0.25) is 4.79 Å². The molecule has 1 aromatic carbocycles. The fourth-order valence-corrected chi connectivity index (χ4v) is 5.40. The Hall–Kier alpha value is -1.40. The van der Waals surface area contributed by atoms with Crippen LogP contribution in [0.25, 0.3) is 0 Å². The fraction of sp³-hybridized carbons (Fsp3) is 0.562. The minimum Gasteiger partial charge on any atom is -0.349 e. The van der Waals surface area contributed by atoms with E-state index in [4.69, 9.17) is 0 Å². The third kappa shape index (κ3) is 2.65. The summed E-state index contributed by atoms with van der Waals surface area (Å²) in [6.45, 7) is 1.97. The normalized spacial score (nSPS) is 33.1. The molecule has 1 amide bonds. The lowest BCUT2D eigenvalue weighted by Crippen LogP contribution is -2.53. The number of hydrogen-bond donors (Lipinski definition) is 1. The molecule has 0 aromatic heterocycles. The first-order valence-corrected chi connectivity index (χ1v) is 9.50.